The predicted molar refractivity (Wildman–Crippen MR) is 95.9 cm³/mol. The monoisotopic (exact) mass is 329 g/mol. The molecule has 0 bridgehead atoms. The van der Waals surface area contributed by atoms with E-state index in [9.17, 15) is 0 Å². The van der Waals surface area contributed by atoms with Crippen molar-refractivity contribution in [2.24, 2.45) is 10.8 Å². The average Bonchev–Trinajstić information content (AvgIpc) is 2.55. The van der Waals surface area contributed by atoms with E-state index in [1.54, 1.807) is 6.21 Å². The molecule has 5 nitrogen and oxygen atoms in total. The molecule has 120 valence electrons. The normalized spacial score (nSPS) is 10.5. The van der Waals surface area contributed by atoms with E-state index in [-0.39, 0.29) is 5.11 Å². The van der Waals surface area contributed by atoms with Gasteiger partial charge in [-0.15, -0.1) is 0 Å². The number of hydrogen-bond donors (Lipinski definition) is 2. The second kappa shape index (κ2) is 8.75. The first-order chi connectivity index (χ1) is 11.2. The van der Waals surface area contributed by atoms with Gasteiger partial charge in [0.15, 0.2) is 16.6 Å². The number of hydrogen-bond acceptors (Lipinski definition) is 4. The van der Waals surface area contributed by atoms with Crippen molar-refractivity contribution in [1.29, 1.82) is 0 Å². The molecule has 2 aromatic rings. The van der Waals surface area contributed by atoms with Gasteiger partial charge in [-0.2, -0.15) is 5.10 Å². The Morgan fingerprint density at radius 3 is 2.65 bits per heavy atom. The van der Waals surface area contributed by atoms with Gasteiger partial charge in [-0.3, -0.25) is 5.43 Å². The fourth-order valence-electron chi connectivity index (χ4n) is 1.90. The maximum Gasteiger partial charge on any atom is 0.184 e. The van der Waals surface area contributed by atoms with Gasteiger partial charge >= 0.3 is 0 Å². The van der Waals surface area contributed by atoms with E-state index in [2.05, 4.69) is 22.7 Å². The van der Waals surface area contributed by atoms with Crippen LogP contribution in [0.1, 0.15) is 18.1 Å². The molecule has 0 saturated carbocycles. The summed E-state index contributed by atoms with van der Waals surface area (Å²) in [4.78, 5) is 0. The van der Waals surface area contributed by atoms with Crippen molar-refractivity contribution < 1.29 is 9.47 Å². The Bertz CT molecular complexity index is 675. The Labute approximate surface area is 141 Å². The molecular weight excluding hydrogens is 310 g/mol. The number of nitrogens with two attached hydrogens (primary N) is 1. The SMILES string of the molecule is CCOc1cc(C=NNC(N)=S)ccc1OCc1ccccc1. The van der Waals surface area contributed by atoms with Gasteiger partial charge in [-0.05, 0) is 48.5 Å². The maximum atomic E-state index is 5.85. The van der Waals surface area contributed by atoms with Crippen molar-refractivity contribution in [3.05, 3.63) is 59.7 Å². The molecule has 0 saturated heterocycles. The Morgan fingerprint density at radius 1 is 1.17 bits per heavy atom. The second-order valence-electron chi connectivity index (χ2n) is 4.65. The molecule has 0 amide bonds. The van der Waals surface area contributed by atoms with E-state index in [0.29, 0.717) is 24.7 Å². The summed E-state index contributed by atoms with van der Waals surface area (Å²) in [6.07, 6.45) is 1.61. The highest BCUT2D eigenvalue weighted by atomic mass is 32.1. The number of benzene rings is 2. The largest absolute Gasteiger partial charge is 0.490 e. The van der Waals surface area contributed by atoms with E-state index in [1.165, 1.54) is 0 Å². The number of nitrogens with zero attached hydrogens (tertiary/aromatic N) is 1. The first-order valence-corrected chi connectivity index (χ1v) is 7.62. The maximum absolute atomic E-state index is 5.85. The standard InChI is InChI=1S/C17H19N3O2S/c1-2-21-16-10-14(11-19-20-17(18)23)8-9-15(16)22-12-13-6-4-3-5-7-13/h3-11H,2,12H2,1H3,(H3,18,20,23). The van der Waals surface area contributed by atoms with Gasteiger partial charge in [0.1, 0.15) is 6.61 Å². The summed E-state index contributed by atoms with van der Waals surface area (Å²) in [5.41, 5.74) is 9.78. The summed E-state index contributed by atoms with van der Waals surface area (Å²) < 4.78 is 11.5. The molecular formula is C17H19N3O2S. The zero-order valence-corrected chi connectivity index (χ0v) is 13.7. The van der Waals surface area contributed by atoms with Gasteiger partial charge in [0.25, 0.3) is 0 Å². The topological polar surface area (TPSA) is 68.9 Å². The fourth-order valence-corrected chi connectivity index (χ4v) is 1.95. The molecule has 23 heavy (non-hydrogen) atoms. The van der Waals surface area contributed by atoms with Crippen molar-refractivity contribution >= 4 is 23.5 Å². The summed E-state index contributed by atoms with van der Waals surface area (Å²) in [5, 5.41) is 4.05. The van der Waals surface area contributed by atoms with Crippen LogP contribution < -0.4 is 20.6 Å². The van der Waals surface area contributed by atoms with Crippen molar-refractivity contribution in [3.8, 4) is 11.5 Å². The third-order valence-electron chi connectivity index (χ3n) is 2.89. The molecule has 0 unspecified atom stereocenters. The molecule has 0 heterocycles. The summed E-state index contributed by atoms with van der Waals surface area (Å²) in [7, 11) is 0. The quantitative estimate of drug-likeness (QED) is 0.464. The number of rotatable bonds is 7. The Hall–Kier alpha value is -2.60. The lowest BCUT2D eigenvalue weighted by Crippen LogP contribution is -2.23. The van der Waals surface area contributed by atoms with Crippen LogP contribution in [-0.2, 0) is 6.61 Å². The Kier molecular flexibility index (Phi) is 6.38. The predicted octanol–water partition coefficient (Wildman–Crippen LogP) is 2.83. The highest BCUT2D eigenvalue weighted by molar-refractivity contribution is 7.80. The molecule has 0 fully saturated rings. The molecule has 0 aromatic heterocycles. The minimum atomic E-state index is 0.120. The van der Waals surface area contributed by atoms with Gasteiger partial charge < -0.3 is 15.2 Å². The zero-order valence-electron chi connectivity index (χ0n) is 12.9. The molecule has 0 aliphatic heterocycles. The van der Waals surface area contributed by atoms with E-state index in [0.717, 1.165) is 11.1 Å². The first-order valence-electron chi connectivity index (χ1n) is 7.21. The van der Waals surface area contributed by atoms with E-state index in [1.807, 2.05) is 55.5 Å². The number of thiocarbonyl (C=S) groups is 1. The van der Waals surface area contributed by atoms with Crippen LogP contribution in [0.3, 0.4) is 0 Å². The van der Waals surface area contributed by atoms with Crippen LogP contribution in [0.4, 0.5) is 0 Å². The van der Waals surface area contributed by atoms with E-state index < -0.39 is 0 Å². The number of ether oxygens (including phenoxy) is 2. The summed E-state index contributed by atoms with van der Waals surface area (Å²) in [6, 6.07) is 15.6. The van der Waals surface area contributed by atoms with Crippen molar-refractivity contribution in [2.45, 2.75) is 13.5 Å². The summed E-state index contributed by atoms with van der Waals surface area (Å²) in [6.45, 7) is 2.96. The van der Waals surface area contributed by atoms with Gasteiger partial charge in [-0.25, -0.2) is 0 Å². The number of nitrogens with one attached hydrogen (secondary N) is 1. The third-order valence-corrected chi connectivity index (χ3v) is 2.98. The van der Waals surface area contributed by atoms with Crippen molar-refractivity contribution in [3.63, 3.8) is 0 Å². The third kappa shape index (κ3) is 5.60. The van der Waals surface area contributed by atoms with Gasteiger partial charge in [0, 0.05) is 0 Å². The van der Waals surface area contributed by atoms with Crippen LogP contribution in [0.25, 0.3) is 0 Å². The van der Waals surface area contributed by atoms with Crippen LogP contribution >= 0.6 is 12.2 Å². The van der Waals surface area contributed by atoms with Gasteiger partial charge in [0.2, 0.25) is 0 Å². The molecule has 0 aliphatic rings. The molecule has 0 aliphatic carbocycles. The first kappa shape index (κ1) is 16.8. The molecule has 3 N–H and O–H groups in total. The Morgan fingerprint density at radius 2 is 1.96 bits per heavy atom. The Balaban J connectivity index is 2.09. The molecule has 0 atom stereocenters. The summed E-state index contributed by atoms with van der Waals surface area (Å²) >= 11 is 4.69. The lowest BCUT2D eigenvalue weighted by Gasteiger charge is -2.12. The van der Waals surface area contributed by atoms with Gasteiger partial charge in [0.05, 0.1) is 12.8 Å². The van der Waals surface area contributed by atoms with Crippen LogP contribution in [0, 0.1) is 0 Å². The van der Waals surface area contributed by atoms with Crippen LogP contribution in [0.5, 0.6) is 11.5 Å². The smallest absolute Gasteiger partial charge is 0.184 e. The fraction of sp³-hybridized carbons (Fsp3) is 0.176. The molecule has 6 heteroatoms. The zero-order chi connectivity index (χ0) is 16.5. The van der Waals surface area contributed by atoms with Crippen LogP contribution in [-0.4, -0.2) is 17.9 Å². The minimum Gasteiger partial charge on any atom is -0.490 e. The van der Waals surface area contributed by atoms with E-state index in [4.69, 9.17) is 15.2 Å². The minimum absolute atomic E-state index is 0.120. The summed E-state index contributed by atoms with van der Waals surface area (Å²) in [5.74, 6) is 1.36. The average molecular weight is 329 g/mol. The second-order valence-corrected chi connectivity index (χ2v) is 5.09. The lowest BCUT2D eigenvalue weighted by molar-refractivity contribution is 0.269. The van der Waals surface area contributed by atoms with Crippen molar-refractivity contribution in [1.82, 2.24) is 5.43 Å². The molecule has 0 spiro atoms. The van der Waals surface area contributed by atoms with Crippen LogP contribution in [0.15, 0.2) is 53.6 Å². The molecule has 0 radical (unpaired) electrons. The van der Waals surface area contributed by atoms with Crippen LogP contribution in [0.2, 0.25) is 0 Å². The molecule has 2 aromatic carbocycles. The van der Waals surface area contributed by atoms with E-state index >= 15 is 0 Å². The lowest BCUT2D eigenvalue weighted by atomic mass is 10.2. The van der Waals surface area contributed by atoms with Crippen molar-refractivity contribution in [2.75, 3.05) is 6.61 Å². The highest BCUT2D eigenvalue weighted by Gasteiger charge is 2.06. The molecule has 2 rings (SSSR count). The highest BCUT2D eigenvalue weighted by Crippen LogP contribution is 2.28. The number of hydrazone groups is 1. The van der Waals surface area contributed by atoms with Gasteiger partial charge in [-0.1, -0.05) is 30.3 Å².